The van der Waals surface area contributed by atoms with Gasteiger partial charge in [0.05, 0.1) is 8.07 Å². The summed E-state index contributed by atoms with van der Waals surface area (Å²) in [6.45, 7) is 7.11. The summed E-state index contributed by atoms with van der Waals surface area (Å²) < 4.78 is 11.9. The van der Waals surface area contributed by atoms with Gasteiger partial charge < -0.3 is 9.47 Å². The highest BCUT2D eigenvalue weighted by Gasteiger charge is 2.48. The Morgan fingerprint density at radius 1 is 1.28 bits per heavy atom. The van der Waals surface area contributed by atoms with Crippen LogP contribution in [0.3, 0.4) is 0 Å². The average molecular weight is 260 g/mol. The highest BCUT2D eigenvalue weighted by Crippen LogP contribution is 2.49. The maximum atomic E-state index is 6.22. The summed E-state index contributed by atoms with van der Waals surface area (Å²) in [4.78, 5) is 0. The Labute approximate surface area is 110 Å². The molecule has 0 fully saturated rings. The summed E-state index contributed by atoms with van der Waals surface area (Å²) in [7, 11) is 0.359. The SMILES string of the molecule is CO[C@]12C=C([Si](C)(C)C)[C@H](O1)c1ccccc1C2. The molecule has 2 aliphatic rings. The first-order valence-corrected chi connectivity index (χ1v) is 9.99. The second kappa shape index (κ2) is 3.79. The lowest BCUT2D eigenvalue weighted by atomic mass is 9.96. The van der Waals surface area contributed by atoms with Gasteiger partial charge in [-0.15, -0.1) is 0 Å². The third kappa shape index (κ3) is 1.69. The number of rotatable bonds is 2. The van der Waals surface area contributed by atoms with Gasteiger partial charge in [-0.25, -0.2) is 0 Å². The molecule has 18 heavy (non-hydrogen) atoms. The molecule has 0 saturated carbocycles. The van der Waals surface area contributed by atoms with Crippen LogP contribution in [0.25, 0.3) is 0 Å². The molecule has 2 aliphatic heterocycles. The van der Waals surface area contributed by atoms with E-state index in [1.165, 1.54) is 16.3 Å². The van der Waals surface area contributed by atoms with E-state index in [0.29, 0.717) is 0 Å². The van der Waals surface area contributed by atoms with Crippen LogP contribution in [0.15, 0.2) is 35.5 Å². The van der Waals surface area contributed by atoms with Crippen molar-refractivity contribution in [2.75, 3.05) is 7.11 Å². The minimum atomic E-state index is -1.39. The summed E-state index contributed by atoms with van der Waals surface area (Å²) in [5.74, 6) is -0.519. The highest BCUT2D eigenvalue weighted by molar-refractivity contribution is 6.83. The number of hydrogen-bond acceptors (Lipinski definition) is 2. The van der Waals surface area contributed by atoms with Crippen LogP contribution in [0, 0.1) is 0 Å². The molecule has 1 aromatic rings. The molecule has 2 nitrogen and oxygen atoms in total. The fourth-order valence-electron chi connectivity index (χ4n) is 2.94. The van der Waals surface area contributed by atoms with E-state index in [-0.39, 0.29) is 6.10 Å². The Morgan fingerprint density at radius 3 is 2.67 bits per heavy atom. The number of hydrogen-bond donors (Lipinski definition) is 0. The maximum Gasteiger partial charge on any atom is 0.192 e. The number of fused-ring (bicyclic) bond motifs is 4. The Balaban J connectivity index is 2.15. The lowest BCUT2D eigenvalue weighted by molar-refractivity contribution is -0.200. The lowest BCUT2D eigenvalue weighted by Gasteiger charge is -2.34. The topological polar surface area (TPSA) is 18.5 Å². The van der Waals surface area contributed by atoms with Gasteiger partial charge in [0.1, 0.15) is 6.10 Å². The van der Waals surface area contributed by atoms with E-state index < -0.39 is 13.9 Å². The first-order chi connectivity index (χ1) is 8.45. The fourth-order valence-corrected chi connectivity index (χ4v) is 4.59. The van der Waals surface area contributed by atoms with Gasteiger partial charge in [0.25, 0.3) is 0 Å². The van der Waals surface area contributed by atoms with Crippen molar-refractivity contribution in [1.82, 2.24) is 0 Å². The van der Waals surface area contributed by atoms with Crippen molar-refractivity contribution < 1.29 is 9.47 Å². The largest absolute Gasteiger partial charge is 0.349 e. The van der Waals surface area contributed by atoms with Crippen LogP contribution in [-0.2, 0) is 15.9 Å². The Morgan fingerprint density at radius 2 is 2.00 bits per heavy atom. The first-order valence-electron chi connectivity index (χ1n) is 6.49. The van der Waals surface area contributed by atoms with E-state index in [2.05, 4.69) is 50.0 Å². The zero-order valence-electron chi connectivity index (χ0n) is 11.5. The van der Waals surface area contributed by atoms with E-state index in [1.54, 1.807) is 7.11 Å². The van der Waals surface area contributed by atoms with Gasteiger partial charge in [-0.3, -0.25) is 0 Å². The summed E-state index contributed by atoms with van der Waals surface area (Å²) >= 11 is 0. The monoisotopic (exact) mass is 260 g/mol. The van der Waals surface area contributed by atoms with Crippen LogP contribution in [-0.4, -0.2) is 21.0 Å². The van der Waals surface area contributed by atoms with Gasteiger partial charge in [-0.1, -0.05) is 43.9 Å². The molecule has 96 valence electrons. The molecule has 0 saturated heterocycles. The maximum absolute atomic E-state index is 6.22. The second-order valence-corrected chi connectivity index (χ2v) is 11.3. The molecule has 0 N–H and O–H groups in total. The van der Waals surface area contributed by atoms with Crippen molar-refractivity contribution in [2.45, 2.75) is 38.0 Å². The van der Waals surface area contributed by atoms with Gasteiger partial charge in [0.15, 0.2) is 5.79 Å². The van der Waals surface area contributed by atoms with Crippen LogP contribution in [0.5, 0.6) is 0 Å². The Bertz CT molecular complexity index is 515. The minimum Gasteiger partial charge on any atom is -0.349 e. The molecular weight excluding hydrogens is 240 g/mol. The molecule has 0 amide bonds. The van der Waals surface area contributed by atoms with Crippen LogP contribution < -0.4 is 0 Å². The van der Waals surface area contributed by atoms with Gasteiger partial charge in [-0.05, 0) is 22.4 Å². The van der Waals surface area contributed by atoms with Gasteiger partial charge >= 0.3 is 0 Å². The smallest absolute Gasteiger partial charge is 0.192 e. The zero-order chi connectivity index (χ0) is 13.0. The summed E-state index contributed by atoms with van der Waals surface area (Å²) in [6, 6.07) is 8.59. The summed E-state index contributed by atoms with van der Waals surface area (Å²) in [6.07, 6.45) is 3.19. The molecule has 1 aromatic carbocycles. The van der Waals surface area contributed by atoms with Crippen molar-refractivity contribution in [3.63, 3.8) is 0 Å². The van der Waals surface area contributed by atoms with E-state index in [4.69, 9.17) is 9.47 Å². The van der Waals surface area contributed by atoms with E-state index in [9.17, 15) is 0 Å². The molecule has 0 aromatic heterocycles. The van der Waals surface area contributed by atoms with Gasteiger partial charge in [0.2, 0.25) is 0 Å². The number of ether oxygens (including phenoxy) is 2. The quantitative estimate of drug-likeness (QED) is 0.758. The molecule has 0 radical (unpaired) electrons. The molecule has 2 atom stereocenters. The molecule has 0 aliphatic carbocycles. The molecule has 2 heterocycles. The lowest BCUT2D eigenvalue weighted by Crippen LogP contribution is -2.36. The van der Waals surface area contributed by atoms with Gasteiger partial charge in [-0.2, -0.15) is 0 Å². The molecule has 2 bridgehead atoms. The molecule has 3 heteroatoms. The summed E-state index contributed by atoms with van der Waals surface area (Å²) in [5.41, 5.74) is 2.69. The molecule has 3 rings (SSSR count). The Kier molecular flexibility index (Phi) is 2.56. The fraction of sp³-hybridized carbons (Fsp3) is 0.467. The van der Waals surface area contributed by atoms with E-state index >= 15 is 0 Å². The molecule has 0 spiro atoms. The Hall–Kier alpha value is -0.903. The van der Waals surface area contributed by atoms with E-state index in [1.807, 2.05) is 0 Å². The standard InChI is InChI=1S/C15H20O2Si/c1-16-15-9-11-7-5-6-8-12(11)14(17-15)13(10-15)18(2,3)4/h5-8,10,14H,9H2,1-4H3/t14-,15+/m1/s1. The normalized spacial score (nSPS) is 30.0. The van der Waals surface area contributed by atoms with Crippen molar-refractivity contribution in [1.29, 1.82) is 0 Å². The summed E-state index contributed by atoms with van der Waals surface area (Å²) in [5, 5.41) is 1.47. The molecule has 0 unspecified atom stereocenters. The average Bonchev–Trinajstić information content (AvgIpc) is 2.65. The van der Waals surface area contributed by atoms with Crippen molar-refractivity contribution in [3.8, 4) is 0 Å². The third-order valence-electron chi connectivity index (χ3n) is 3.96. The minimum absolute atomic E-state index is 0.113. The van der Waals surface area contributed by atoms with E-state index in [0.717, 1.165) is 6.42 Å². The second-order valence-electron chi connectivity index (χ2n) is 6.24. The highest BCUT2D eigenvalue weighted by atomic mass is 28.3. The molecular formula is C15H20O2Si. The zero-order valence-corrected chi connectivity index (χ0v) is 12.5. The van der Waals surface area contributed by atoms with Crippen molar-refractivity contribution in [3.05, 3.63) is 46.7 Å². The van der Waals surface area contributed by atoms with Crippen LogP contribution >= 0.6 is 0 Å². The predicted octanol–water partition coefficient (Wildman–Crippen LogP) is 3.46. The van der Waals surface area contributed by atoms with Crippen LogP contribution in [0.1, 0.15) is 17.2 Å². The van der Waals surface area contributed by atoms with Crippen molar-refractivity contribution in [2.24, 2.45) is 0 Å². The van der Waals surface area contributed by atoms with Crippen LogP contribution in [0.4, 0.5) is 0 Å². The van der Waals surface area contributed by atoms with Crippen molar-refractivity contribution >= 4 is 8.07 Å². The third-order valence-corrected chi connectivity index (χ3v) is 6.10. The van der Waals surface area contributed by atoms with Gasteiger partial charge in [0, 0.05) is 13.5 Å². The predicted molar refractivity (Wildman–Crippen MR) is 75.1 cm³/mol. The van der Waals surface area contributed by atoms with Crippen LogP contribution in [0.2, 0.25) is 19.6 Å². The first kappa shape index (κ1) is 12.1. The number of benzene rings is 1. The number of methoxy groups -OCH3 is 1.